The predicted molar refractivity (Wildman–Crippen MR) is 79.9 cm³/mol. The summed E-state index contributed by atoms with van der Waals surface area (Å²) in [5, 5.41) is 12.1. The van der Waals surface area contributed by atoms with Gasteiger partial charge in [0.05, 0.1) is 11.6 Å². The molecule has 1 aliphatic heterocycles. The van der Waals surface area contributed by atoms with Gasteiger partial charge in [0.1, 0.15) is 0 Å². The van der Waals surface area contributed by atoms with Gasteiger partial charge >= 0.3 is 0 Å². The molecule has 2 rings (SSSR count). The molecule has 1 aliphatic rings. The van der Waals surface area contributed by atoms with Crippen molar-refractivity contribution in [3.63, 3.8) is 0 Å². The van der Waals surface area contributed by atoms with Gasteiger partial charge in [-0.3, -0.25) is 0 Å². The van der Waals surface area contributed by atoms with Gasteiger partial charge in [-0.2, -0.15) is 5.26 Å². The van der Waals surface area contributed by atoms with Crippen molar-refractivity contribution in [2.75, 3.05) is 25.0 Å². The average Bonchev–Trinajstić information content (AvgIpc) is 2.39. The van der Waals surface area contributed by atoms with Crippen molar-refractivity contribution in [1.29, 1.82) is 5.26 Å². The van der Waals surface area contributed by atoms with Crippen LogP contribution in [0.4, 0.5) is 5.69 Å². The second-order valence-corrected chi connectivity index (χ2v) is 4.25. The molecule has 5 heteroatoms. The molecule has 3 nitrogen and oxygen atoms in total. The summed E-state index contributed by atoms with van der Waals surface area (Å²) in [7, 11) is 2.14. The van der Waals surface area contributed by atoms with Crippen LogP contribution in [0.5, 0.6) is 0 Å². The summed E-state index contributed by atoms with van der Waals surface area (Å²) in [4.78, 5) is 2.32. The van der Waals surface area contributed by atoms with Gasteiger partial charge in [-0.05, 0) is 50.2 Å². The highest BCUT2D eigenvalue weighted by molar-refractivity contribution is 5.85. The van der Waals surface area contributed by atoms with E-state index in [1.165, 1.54) is 18.5 Å². The molecule has 0 aromatic heterocycles. The average molecular weight is 288 g/mol. The molecule has 100 valence electrons. The van der Waals surface area contributed by atoms with E-state index in [9.17, 15) is 0 Å². The monoisotopic (exact) mass is 287 g/mol. The Morgan fingerprint density at radius 2 is 1.72 bits per heavy atom. The van der Waals surface area contributed by atoms with Crippen LogP contribution in [0.3, 0.4) is 0 Å². The fourth-order valence-corrected chi connectivity index (χ4v) is 2.18. The van der Waals surface area contributed by atoms with E-state index in [4.69, 9.17) is 5.26 Å². The Labute approximate surface area is 121 Å². The van der Waals surface area contributed by atoms with Gasteiger partial charge in [0.25, 0.3) is 0 Å². The maximum Gasteiger partial charge on any atom is 0.0991 e. The van der Waals surface area contributed by atoms with E-state index in [0.717, 1.165) is 18.7 Å². The lowest BCUT2D eigenvalue weighted by Crippen LogP contribution is -2.41. The first-order valence-electron chi connectivity index (χ1n) is 5.75. The lowest BCUT2D eigenvalue weighted by molar-refractivity contribution is 0.443. The Morgan fingerprint density at radius 3 is 2.22 bits per heavy atom. The highest BCUT2D eigenvalue weighted by atomic mass is 35.5. The molecular formula is C13H19Cl2N3. The quantitative estimate of drug-likeness (QED) is 0.909. The first-order chi connectivity index (χ1) is 7.81. The largest absolute Gasteiger partial charge is 0.372 e. The Balaban J connectivity index is 0.00000144. The van der Waals surface area contributed by atoms with Gasteiger partial charge < -0.3 is 10.2 Å². The zero-order valence-corrected chi connectivity index (χ0v) is 12.1. The Morgan fingerprint density at radius 1 is 1.17 bits per heavy atom. The zero-order chi connectivity index (χ0) is 11.4. The highest BCUT2D eigenvalue weighted by Crippen LogP contribution is 2.20. The van der Waals surface area contributed by atoms with Crippen LogP contribution in [-0.4, -0.2) is 26.2 Å². The number of nitrogens with one attached hydrogen (secondary N) is 1. The predicted octanol–water partition coefficient (Wildman–Crippen LogP) is 2.59. The minimum Gasteiger partial charge on any atom is -0.372 e. The normalized spacial score (nSPS) is 14.9. The van der Waals surface area contributed by atoms with E-state index in [1.54, 1.807) is 0 Å². The van der Waals surface area contributed by atoms with Crippen LogP contribution < -0.4 is 10.2 Å². The van der Waals surface area contributed by atoms with Crippen molar-refractivity contribution < 1.29 is 0 Å². The van der Waals surface area contributed by atoms with Crippen molar-refractivity contribution in [2.45, 2.75) is 18.9 Å². The molecule has 18 heavy (non-hydrogen) atoms. The van der Waals surface area contributed by atoms with Gasteiger partial charge in [-0.1, -0.05) is 0 Å². The van der Waals surface area contributed by atoms with Crippen LogP contribution in [0.2, 0.25) is 0 Å². The summed E-state index contributed by atoms with van der Waals surface area (Å²) >= 11 is 0. The molecule has 0 saturated carbocycles. The fraction of sp³-hybridized carbons (Fsp3) is 0.462. The third-order valence-corrected chi connectivity index (χ3v) is 3.26. The van der Waals surface area contributed by atoms with E-state index < -0.39 is 0 Å². The molecule has 0 spiro atoms. The van der Waals surface area contributed by atoms with Crippen LogP contribution in [0.25, 0.3) is 0 Å². The molecule has 0 atom stereocenters. The molecule has 0 unspecified atom stereocenters. The summed E-state index contributed by atoms with van der Waals surface area (Å²) in [6.07, 6.45) is 2.38. The van der Waals surface area contributed by atoms with Crippen LogP contribution in [0.15, 0.2) is 24.3 Å². The van der Waals surface area contributed by atoms with E-state index in [0.29, 0.717) is 6.04 Å². The van der Waals surface area contributed by atoms with Crippen molar-refractivity contribution in [1.82, 2.24) is 5.32 Å². The SMILES string of the molecule is CN(c1ccc(C#N)cc1)C1CCNCC1.Cl.Cl. The molecule has 0 radical (unpaired) electrons. The van der Waals surface area contributed by atoms with Gasteiger partial charge in [0, 0.05) is 18.8 Å². The van der Waals surface area contributed by atoms with Crippen molar-refractivity contribution in [3.8, 4) is 6.07 Å². The summed E-state index contributed by atoms with van der Waals surface area (Å²) < 4.78 is 0. The number of nitrogens with zero attached hydrogens (tertiary/aromatic N) is 2. The number of anilines is 1. The first kappa shape index (κ1) is 17.1. The Bertz CT molecular complexity index is 380. The van der Waals surface area contributed by atoms with Gasteiger partial charge in [0.15, 0.2) is 0 Å². The summed E-state index contributed by atoms with van der Waals surface area (Å²) in [6, 6.07) is 10.6. The number of piperidine rings is 1. The first-order valence-corrected chi connectivity index (χ1v) is 5.75. The number of nitriles is 1. The lowest BCUT2D eigenvalue weighted by Gasteiger charge is -2.33. The fourth-order valence-electron chi connectivity index (χ4n) is 2.18. The molecule has 1 N–H and O–H groups in total. The maximum absolute atomic E-state index is 8.74. The molecular weight excluding hydrogens is 269 g/mol. The van der Waals surface area contributed by atoms with E-state index in [-0.39, 0.29) is 24.8 Å². The molecule has 0 aliphatic carbocycles. The van der Waals surface area contributed by atoms with Gasteiger partial charge in [-0.15, -0.1) is 24.8 Å². The molecule has 1 heterocycles. The number of rotatable bonds is 2. The third kappa shape index (κ3) is 4.06. The Hall–Kier alpha value is -0.950. The second kappa shape index (κ2) is 8.20. The van der Waals surface area contributed by atoms with Gasteiger partial charge in [0.2, 0.25) is 0 Å². The minimum absolute atomic E-state index is 0. The van der Waals surface area contributed by atoms with E-state index in [1.807, 2.05) is 24.3 Å². The zero-order valence-electron chi connectivity index (χ0n) is 10.4. The smallest absolute Gasteiger partial charge is 0.0991 e. The number of benzene rings is 1. The van der Waals surface area contributed by atoms with Crippen molar-refractivity contribution >= 4 is 30.5 Å². The molecule has 1 fully saturated rings. The number of hydrogen-bond donors (Lipinski definition) is 1. The van der Waals surface area contributed by atoms with Crippen molar-refractivity contribution in [3.05, 3.63) is 29.8 Å². The Kier molecular flexibility index (Phi) is 7.77. The molecule has 0 bridgehead atoms. The van der Waals surface area contributed by atoms with Crippen LogP contribution in [0.1, 0.15) is 18.4 Å². The standard InChI is InChI=1S/C13H17N3.2ClH/c1-16(13-6-8-15-9-7-13)12-4-2-11(10-14)3-5-12;;/h2-5,13,15H,6-9H2,1H3;2*1H. The summed E-state index contributed by atoms with van der Waals surface area (Å²) in [5.41, 5.74) is 1.92. The summed E-state index contributed by atoms with van der Waals surface area (Å²) in [5.74, 6) is 0. The van der Waals surface area contributed by atoms with Crippen LogP contribution >= 0.6 is 24.8 Å². The molecule has 0 amide bonds. The second-order valence-electron chi connectivity index (χ2n) is 4.25. The highest BCUT2D eigenvalue weighted by Gasteiger charge is 2.17. The van der Waals surface area contributed by atoms with Crippen molar-refractivity contribution in [2.24, 2.45) is 0 Å². The number of halogens is 2. The third-order valence-electron chi connectivity index (χ3n) is 3.26. The van der Waals surface area contributed by atoms with E-state index >= 15 is 0 Å². The van der Waals surface area contributed by atoms with E-state index in [2.05, 4.69) is 23.3 Å². The molecule has 1 aromatic rings. The van der Waals surface area contributed by atoms with Crippen LogP contribution in [0, 0.1) is 11.3 Å². The topological polar surface area (TPSA) is 39.1 Å². The molecule has 1 saturated heterocycles. The van der Waals surface area contributed by atoms with Gasteiger partial charge in [-0.25, -0.2) is 0 Å². The maximum atomic E-state index is 8.74. The lowest BCUT2D eigenvalue weighted by atomic mass is 10.0. The summed E-state index contributed by atoms with van der Waals surface area (Å²) in [6.45, 7) is 2.20. The minimum atomic E-state index is 0. The number of hydrogen-bond acceptors (Lipinski definition) is 3. The molecule has 1 aromatic carbocycles. The van der Waals surface area contributed by atoms with Crippen LogP contribution in [-0.2, 0) is 0 Å².